The quantitative estimate of drug-likeness (QED) is 0.465. The second kappa shape index (κ2) is 9.90. The van der Waals surface area contributed by atoms with Gasteiger partial charge in [0.25, 0.3) is 5.91 Å². The third-order valence-corrected chi connectivity index (χ3v) is 6.87. The molecule has 2 aliphatic heterocycles. The van der Waals surface area contributed by atoms with Crippen molar-refractivity contribution in [2.24, 2.45) is 11.7 Å². The monoisotopic (exact) mass is 480 g/mol. The van der Waals surface area contributed by atoms with Gasteiger partial charge in [0.15, 0.2) is 5.82 Å². The maximum Gasteiger partial charge on any atom is 0.254 e. The van der Waals surface area contributed by atoms with Crippen LogP contribution in [0.3, 0.4) is 0 Å². The Labute approximate surface area is 202 Å². The van der Waals surface area contributed by atoms with Gasteiger partial charge < -0.3 is 21.3 Å². The summed E-state index contributed by atoms with van der Waals surface area (Å²) in [6.07, 6.45) is 7.46. The molecule has 0 unspecified atom stereocenters. The summed E-state index contributed by atoms with van der Waals surface area (Å²) in [5.41, 5.74) is 6.55. The number of nitrogens with one attached hydrogen (secondary N) is 2. The van der Waals surface area contributed by atoms with Crippen LogP contribution in [0.2, 0.25) is 0 Å². The zero-order chi connectivity index (χ0) is 24.4. The zero-order valence-electron chi connectivity index (χ0n) is 19.6. The van der Waals surface area contributed by atoms with Crippen molar-refractivity contribution in [2.75, 3.05) is 30.3 Å². The molecule has 0 spiro atoms. The van der Waals surface area contributed by atoms with Gasteiger partial charge in [-0.25, -0.2) is 9.37 Å². The molecule has 2 fully saturated rings. The molecule has 0 aliphatic carbocycles. The lowest BCUT2D eigenvalue weighted by Crippen LogP contribution is -2.49. The van der Waals surface area contributed by atoms with E-state index in [9.17, 15) is 9.18 Å². The molecule has 3 aromatic rings. The number of rotatable bonds is 7. The van der Waals surface area contributed by atoms with E-state index in [4.69, 9.17) is 5.73 Å². The van der Waals surface area contributed by atoms with Crippen molar-refractivity contribution in [1.82, 2.24) is 35.1 Å². The lowest BCUT2D eigenvalue weighted by molar-refractivity contribution is 0.0649. The summed E-state index contributed by atoms with van der Waals surface area (Å²) < 4.78 is 15.7. The summed E-state index contributed by atoms with van der Waals surface area (Å²) in [4.78, 5) is 23.4. The molecule has 2 saturated heterocycles. The molecule has 4 N–H and O–H groups in total. The topological polar surface area (TPSA) is 140 Å². The number of carbonyl (C=O) groups excluding carboxylic acids is 1. The number of nitrogens with zero attached hydrogens (tertiary/aromatic N) is 7. The number of fused-ring (bicyclic) bond motifs is 1. The standard InChI is InChI=1S/C23H29FN10O/c1-14-30-31-32-34(14)20-11-16(7-8-18(20)24)28-23-27-13-17(21(25)35)22(29-23)26-12-15-5-4-10-33-9-3-2-6-19(15)33/h7-8,11,13,15,19H,2-6,9-10,12H2,1H3,(H2,25,35)(H2,26,27,28,29)/t15-,19+/m0/s1. The Balaban J connectivity index is 1.35. The highest BCUT2D eigenvalue weighted by atomic mass is 19.1. The number of piperidine rings is 2. The Morgan fingerprint density at radius 2 is 2.09 bits per heavy atom. The number of carbonyl (C=O) groups is 1. The summed E-state index contributed by atoms with van der Waals surface area (Å²) >= 11 is 0. The highest BCUT2D eigenvalue weighted by Crippen LogP contribution is 2.31. The second-order valence-corrected chi connectivity index (χ2v) is 9.13. The largest absolute Gasteiger partial charge is 0.369 e. The van der Waals surface area contributed by atoms with E-state index in [1.165, 1.54) is 55.7 Å². The number of benzene rings is 1. The van der Waals surface area contributed by atoms with Crippen molar-refractivity contribution >= 4 is 23.4 Å². The van der Waals surface area contributed by atoms with Gasteiger partial charge in [-0.05, 0) is 80.2 Å². The van der Waals surface area contributed by atoms with Crippen LogP contribution in [0.25, 0.3) is 5.69 Å². The molecule has 11 nitrogen and oxygen atoms in total. The number of hydrogen-bond donors (Lipinski definition) is 3. The van der Waals surface area contributed by atoms with Gasteiger partial charge in [-0.15, -0.1) is 5.10 Å². The van der Waals surface area contributed by atoms with E-state index >= 15 is 0 Å². The van der Waals surface area contributed by atoms with Gasteiger partial charge in [0.2, 0.25) is 5.95 Å². The molecule has 184 valence electrons. The van der Waals surface area contributed by atoms with Crippen LogP contribution < -0.4 is 16.4 Å². The fraction of sp³-hybridized carbons (Fsp3) is 0.478. The Kier molecular flexibility index (Phi) is 6.53. The lowest BCUT2D eigenvalue weighted by Gasteiger charge is -2.44. The summed E-state index contributed by atoms with van der Waals surface area (Å²) in [5.74, 6) is 0.514. The highest BCUT2D eigenvalue weighted by molar-refractivity contribution is 5.97. The summed E-state index contributed by atoms with van der Waals surface area (Å²) in [6, 6.07) is 5.01. The SMILES string of the molecule is Cc1nnnn1-c1cc(Nc2ncc(C(N)=O)c(NC[C@@H]3CCCN4CCCC[C@H]34)n2)ccc1F. The molecule has 1 amide bonds. The third-order valence-electron chi connectivity index (χ3n) is 6.87. The molecule has 0 saturated carbocycles. The maximum atomic E-state index is 14.4. The summed E-state index contributed by atoms with van der Waals surface area (Å²) in [5, 5.41) is 17.6. The van der Waals surface area contributed by atoms with E-state index in [0.29, 0.717) is 35.8 Å². The van der Waals surface area contributed by atoms with E-state index in [0.717, 1.165) is 6.42 Å². The average molecular weight is 481 g/mol. The molecule has 0 bridgehead atoms. The van der Waals surface area contributed by atoms with Crippen LogP contribution in [0.4, 0.5) is 21.8 Å². The summed E-state index contributed by atoms with van der Waals surface area (Å²) in [7, 11) is 0. The van der Waals surface area contributed by atoms with Crippen molar-refractivity contribution < 1.29 is 9.18 Å². The van der Waals surface area contributed by atoms with Gasteiger partial charge >= 0.3 is 0 Å². The Morgan fingerprint density at radius 1 is 1.23 bits per heavy atom. The normalized spacial score (nSPS) is 20.3. The smallest absolute Gasteiger partial charge is 0.254 e. The number of aryl methyl sites for hydroxylation is 1. The number of hydrogen-bond acceptors (Lipinski definition) is 9. The van der Waals surface area contributed by atoms with Gasteiger partial charge in [-0.3, -0.25) is 4.79 Å². The van der Waals surface area contributed by atoms with E-state index in [-0.39, 0.29) is 17.2 Å². The molecule has 2 aromatic heterocycles. The molecular weight excluding hydrogens is 451 g/mol. The van der Waals surface area contributed by atoms with Gasteiger partial charge in [-0.1, -0.05) is 6.42 Å². The first-order chi connectivity index (χ1) is 17.0. The maximum absolute atomic E-state index is 14.4. The number of nitrogens with two attached hydrogens (primary N) is 1. The van der Waals surface area contributed by atoms with Crippen molar-refractivity contribution in [3.8, 4) is 5.69 Å². The van der Waals surface area contributed by atoms with E-state index in [2.05, 4.69) is 41.0 Å². The molecule has 2 aliphatic rings. The molecule has 5 rings (SSSR count). The Morgan fingerprint density at radius 3 is 2.89 bits per heavy atom. The predicted octanol–water partition coefficient (Wildman–Crippen LogP) is 2.42. The van der Waals surface area contributed by atoms with Gasteiger partial charge in [0, 0.05) is 24.5 Å². The first-order valence-corrected chi connectivity index (χ1v) is 12.0. The number of tetrazole rings is 1. The zero-order valence-corrected chi connectivity index (χ0v) is 19.6. The van der Waals surface area contributed by atoms with Crippen LogP contribution in [0.1, 0.15) is 48.3 Å². The molecule has 2 atom stereocenters. The second-order valence-electron chi connectivity index (χ2n) is 9.13. The number of anilines is 3. The molecule has 35 heavy (non-hydrogen) atoms. The van der Waals surface area contributed by atoms with Crippen molar-refractivity contribution in [3.05, 3.63) is 41.6 Å². The van der Waals surface area contributed by atoms with Crippen molar-refractivity contribution in [3.63, 3.8) is 0 Å². The molecule has 0 radical (unpaired) electrons. The van der Waals surface area contributed by atoms with Crippen LogP contribution in [0, 0.1) is 18.7 Å². The van der Waals surface area contributed by atoms with Crippen molar-refractivity contribution in [2.45, 2.75) is 45.1 Å². The van der Waals surface area contributed by atoms with Crippen LogP contribution in [-0.2, 0) is 0 Å². The lowest BCUT2D eigenvalue weighted by atomic mass is 9.83. The predicted molar refractivity (Wildman–Crippen MR) is 128 cm³/mol. The van der Waals surface area contributed by atoms with Crippen LogP contribution in [-0.4, -0.2) is 66.7 Å². The third kappa shape index (κ3) is 4.92. The van der Waals surface area contributed by atoms with Gasteiger partial charge in [0.1, 0.15) is 17.3 Å². The summed E-state index contributed by atoms with van der Waals surface area (Å²) in [6.45, 7) is 4.72. The number of halogens is 1. The van der Waals surface area contributed by atoms with Crippen molar-refractivity contribution in [1.29, 1.82) is 0 Å². The minimum atomic E-state index is -0.597. The van der Waals surface area contributed by atoms with Crippen LogP contribution in [0.5, 0.6) is 0 Å². The number of aromatic nitrogens is 6. The fourth-order valence-corrected chi connectivity index (χ4v) is 5.14. The molecular formula is C23H29FN10O. The fourth-order valence-electron chi connectivity index (χ4n) is 5.14. The number of amides is 1. The Hall–Kier alpha value is -3.67. The number of primary amides is 1. The molecule has 4 heterocycles. The van der Waals surface area contributed by atoms with Gasteiger partial charge in [0.05, 0.1) is 5.56 Å². The Bertz CT molecular complexity index is 1210. The first kappa shape index (κ1) is 23.1. The average Bonchev–Trinajstić information content (AvgIpc) is 3.29. The van der Waals surface area contributed by atoms with Gasteiger partial charge in [-0.2, -0.15) is 9.67 Å². The van der Waals surface area contributed by atoms with E-state index < -0.39 is 11.7 Å². The minimum Gasteiger partial charge on any atom is -0.369 e. The van der Waals surface area contributed by atoms with E-state index in [1.807, 2.05) is 0 Å². The first-order valence-electron chi connectivity index (χ1n) is 12.0. The molecule has 1 aromatic carbocycles. The molecule has 12 heteroatoms. The van der Waals surface area contributed by atoms with Crippen LogP contribution in [0.15, 0.2) is 24.4 Å². The van der Waals surface area contributed by atoms with E-state index in [1.54, 1.807) is 19.1 Å². The minimum absolute atomic E-state index is 0.193. The van der Waals surface area contributed by atoms with Crippen LogP contribution >= 0.6 is 0 Å². The highest BCUT2D eigenvalue weighted by Gasteiger charge is 2.33.